The number of primary amides is 1. The van der Waals surface area contributed by atoms with Gasteiger partial charge in [-0.3, -0.25) is 9.59 Å². The van der Waals surface area contributed by atoms with E-state index in [4.69, 9.17) is 16.6 Å². The van der Waals surface area contributed by atoms with Gasteiger partial charge in [0.1, 0.15) is 6.04 Å². The Balaban J connectivity index is 2.72. The molecule has 18 heavy (non-hydrogen) atoms. The van der Waals surface area contributed by atoms with Gasteiger partial charge in [-0.25, -0.2) is 4.79 Å². The zero-order chi connectivity index (χ0) is 13.9. The van der Waals surface area contributed by atoms with Gasteiger partial charge in [-0.05, 0) is 19.8 Å². The number of hydrogen-bond donors (Lipinski definition) is 4. The highest BCUT2D eigenvalue weighted by Gasteiger charge is 2.44. The first kappa shape index (κ1) is 14.4. The summed E-state index contributed by atoms with van der Waals surface area (Å²) in [6.07, 6.45) is 1.76. The van der Waals surface area contributed by atoms with E-state index in [1.54, 1.807) is 6.92 Å². The molecule has 0 bridgehead atoms. The van der Waals surface area contributed by atoms with Crippen molar-refractivity contribution in [3.8, 4) is 0 Å². The van der Waals surface area contributed by atoms with Crippen molar-refractivity contribution in [2.45, 2.75) is 44.7 Å². The number of carbonyl (C=O) groups is 3. The number of hydrogen-bond acceptors (Lipinski definition) is 4. The molecule has 1 rings (SSSR count). The molecule has 0 aromatic heterocycles. The number of carbonyl (C=O) groups excluding carboxylic acids is 2. The van der Waals surface area contributed by atoms with Crippen molar-refractivity contribution in [3.63, 3.8) is 0 Å². The van der Waals surface area contributed by atoms with E-state index >= 15 is 0 Å². The van der Waals surface area contributed by atoms with Gasteiger partial charge in [-0.15, -0.1) is 0 Å². The molecular formula is C11H19N3O4. The summed E-state index contributed by atoms with van der Waals surface area (Å²) in [5.74, 6) is -2.48. The molecule has 3 atom stereocenters. The van der Waals surface area contributed by atoms with Crippen molar-refractivity contribution in [2.24, 2.45) is 16.9 Å². The molecule has 1 fully saturated rings. The molecule has 7 heteroatoms. The summed E-state index contributed by atoms with van der Waals surface area (Å²) in [6.45, 7) is 1.71. The van der Waals surface area contributed by atoms with E-state index in [2.05, 4.69) is 5.32 Å². The molecule has 1 aliphatic rings. The van der Waals surface area contributed by atoms with Crippen LogP contribution >= 0.6 is 0 Å². The number of aliphatic carboxylic acids is 1. The van der Waals surface area contributed by atoms with Crippen LogP contribution in [0.5, 0.6) is 0 Å². The fraction of sp³-hybridized carbons (Fsp3) is 0.727. The molecule has 1 saturated carbocycles. The van der Waals surface area contributed by atoms with Crippen LogP contribution in [0.15, 0.2) is 0 Å². The molecule has 0 saturated heterocycles. The third-order valence-electron chi connectivity index (χ3n) is 3.56. The molecule has 0 aliphatic heterocycles. The van der Waals surface area contributed by atoms with Crippen LogP contribution in [0.4, 0.5) is 0 Å². The van der Waals surface area contributed by atoms with Crippen molar-refractivity contribution in [2.75, 3.05) is 0 Å². The van der Waals surface area contributed by atoms with Crippen molar-refractivity contribution in [3.05, 3.63) is 0 Å². The SMILES string of the molecule is CC1(C(=O)N[C@@H](CC(N)=O)C(=O)O)CCCC1N. The summed E-state index contributed by atoms with van der Waals surface area (Å²) < 4.78 is 0. The van der Waals surface area contributed by atoms with Crippen LogP contribution in [0.2, 0.25) is 0 Å². The number of carboxylic acid groups (broad SMARTS) is 1. The van der Waals surface area contributed by atoms with Gasteiger partial charge in [0.05, 0.1) is 11.8 Å². The van der Waals surface area contributed by atoms with Crippen molar-refractivity contribution in [1.82, 2.24) is 5.32 Å². The fourth-order valence-electron chi connectivity index (χ4n) is 2.20. The molecule has 0 heterocycles. The van der Waals surface area contributed by atoms with Gasteiger partial charge in [0.15, 0.2) is 0 Å². The van der Waals surface area contributed by atoms with Gasteiger partial charge in [0.2, 0.25) is 11.8 Å². The Morgan fingerprint density at radius 3 is 2.50 bits per heavy atom. The van der Waals surface area contributed by atoms with Crippen LogP contribution in [0.1, 0.15) is 32.6 Å². The van der Waals surface area contributed by atoms with E-state index in [1.165, 1.54) is 0 Å². The summed E-state index contributed by atoms with van der Waals surface area (Å²) in [4.78, 5) is 33.7. The second-order valence-corrected chi connectivity index (χ2v) is 4.95. The smallest absolute Gasteiger partial charge is 0.326 e. The Morgan fingerprint density at radius 1 is 1.50 bits per heavy atom. The first-order valence-electron chi connectivity index (χ1n) is 5.85. The fourth-order valence-corrected chi connectivity index (χ4v) is 2.20. The number of nitrogens with one attached hydrogen (secondary N) is 1. The highest BCUT2D eigenvalue weighted by molar-refractivity contribution is 5.90. The van der Waals surface area contributed by atoms with Gasteiger partial charge in [-0.2, -0.15) is 0 Å². The maximum Gasteiger partial charge on any atom is 0.326 e. The molecule has 0 aromatic rings. The molecule has 0 aromatic carbocycles. The van der Waals surface area contributed by atoms with E-state index in [1.807, 2.05) is 0 Å². The van der Waals surface area contributed by atoms with Crippen LogP contribution in [-0.4, -0.2) is 35.0 Å². The average Bonchev–Trinajstić information content (AvgIpc) is 2.58. The summed E-state index contributed by atoms with van der Waals surface area (Å²) >= 11 is 0. The zero-order valence-corrected chi connectivity index (χ0v) is 10.3. The number of carboxylic acids is 1. The molecule has 2 amide bonds. The monoisotopic (exact) mass is 257 g/mol. The van der Waals surface area contributed by atoms with Crippen LogP contribution in [0.3, 0.4) is 0 Å². The summed E-state index contributed by atoms with van der Waals surface area (Å²) in [5.41, 5.74) is 10.0. The Kier molecular flexibility index (Phi) is 4.28. The van der Waals surface area contributed by atoms with Crippen LogP contribution in [0, 0.1) is 5.41 Å². The molecule has 0 spiro atoms. The molecule has 6 N–H and O–H groups in total. The molecule has 2 unspecified atom stereocenters. The number of nitrogens with two attached hydrogens (primary N) is 2. The third-order valence-corrected chi connectivity index (χ3v) is 3.56. The van der Waals surface area contributed by atoms with E-state index in [-0.39, 0.29) is 6.04 Å². The van der Waals surface area contributed by atoms with Gasteiger partial charge in [0, 0.05) is 6.04 Å². The topological polar surface area (TPSA) is 136 Å². The lowest BCUT2D eigenvalue weighted by molar-refractivity contribution is -0.145. The molecular weight excluding hydrogens is 238 g/mol. The largest absolute Gasteiger partial charge is 0.480 e. The normalized spacial score (nSPS) is 28.7. The predicted molar refractivity (Wildman–Crippen MR) is 63.3 cm³/mol. The lowest BCUT2D eigenvalue weighted by Crippen LogP contribution is -2.53. The maximum absolute atomic E-state index is 12.1. The maximum atomic E-state index is 12.1. The van der Waals surface area contributed by atoms with Gasteiger partial charge in [0.25, 0.3) is 0 Å². The first-order valence-corrected chi connectivity index (χ1v) is 5.85. The van der Waals surface area contributed by atoms with E-state index in [0.29, 0.717) is 6.42 Å². The summed E-state index contributed by atoms with van der Waals surface area (Å²) in [7, 11) is 0. The predicted octanol–water partition coefficient (Wildman–Crippen LogP) is -1.05. The third kappa shape index (κ3) is 2.98. The van der Waals surface area contributed by atoms with Crippen molar-refractivity contribution >= 4 is 17.8 Å². The van der Waals surface area contributed by atoms with Crippen LogP contribution in [-0.2, 0) is 14.4 Å². The minimum absolute atomic E-state index is 0.291. The minimum atomic E-state index is -1.29. The average molecular weight is 257 g/mol. The second kappa shape index (κ2) is 5.34. The van der Waals surface area contributed by atoms with Gasteiger partial charge in [-0.1, -0.05) is 6.42 Å². The highest BCUT2D eigenvalue weighted by Crippen LogP contribution is 2.36. The summed E-state index contributed by atoms with van der Waals surface area (Å²) in [5, 5.41) is 11.3. The van der Waals surface area contributed by atoms with Gasteiger partial charge >= 0.3 is 5.97 Å². The van der Waals surface area contributed by atoms with E-state index in [9.17, 15) is 14.4 Å². The second-order valence-electron chi connectivity index (χ2n) is 4.95. The highest BCUT2D eigenvalue weighted by atomic mass is 16.4. The Morgan fingerprint density at radius 2 is 2.11 bits per heavy atom. The lowest BCUT2D eigenvalue weighted by atomic mass is 9.84. The van der Waals surface area contributed by atoms with Crippen molar-refractivity contribution < 1.29 is 19.5 Å². The molecule has 0 radical (unpaired) electrons. The van der Waals surface area contributed by atoms with Crippen LogP contribution < -0.4 is 16.8 Å². The standard InChI is InChI=1S/C11H19N3O4/c1-11(4-2-3-7(11)12)10(18)14-6(9(16)17)5-8(13)15/h6-7H,2-5,12H2,1H3,(H2,13,15)(H,14,18)(H,16,17)/t6-,7?,11?/m0/s1. The molecule has 7 nitrogen and oxygen atoms in total. The Hall–Kier alpha value is -1.63. The molecule has 102 valence electrons. The summed E-state index contributed by atoms with van der Waals surface area (Å²) in [6, 6.07) is -1.58. The van der Waals surface area contributed by atoms with E-state index in [0.717, 1.165) is 12.8 Å². The molecule has 1 aliphatic carbocycles. The Labute approximate surface area is 105 Å². The van der Waals surface area contributed by atoms with Crippen LogP contribution in [0.25, 0.3) is 0 Å². The number of rotatable bonds is 5. The van der Waals surface area contributed by atoms with Gasteiger partial charge < -0.3 is 21.9 Å². The van der Waals surface area contributed by atoms with E-state index < -0.39 is 35.7 Å². The lowest BCUT2D eigenvalue weighted by Gasteiger charge is -2.29. The first-order chi connectivity index (χ1) is 8.27. The van der Waals surface area contributed by atoms with Crippen molar-refractivity contribution in [1.29, 1.82) is 0 Å². The number of amides is 2. The quantitative estimate of drug-likeness (QED) is 0.498. The Bertz CT molecular complexity index is 371. The minimum Gasteiger partial charge on any atom is -0.480 e. The zero-order valence-electron chi connectivity index (χ0n) is 10.3.